The molecule has 2 aromatic carbocycles. The van der Waals surface area contributed by atoms with Crippen LogP contribution < -0.4 is 19.6 Å². The average Bonchev–Trinajstić information content (AvgIpc) is 2.67. The quantitative estimate of drug-likeness (QED) is 0.628. The highest BCUT2D eigenvalue weighted by atomic mass is 16.5. The molecule has 2 N–H and O–H groups in total. The maximum absolute atomic E-state index is 12.8. The second kappa shape index (κ2) is 8.14. The van der Waals surface area contributed by atoms with E-state index in [1.807, 2.05) is 13.8 Å². The molecule has 152 valence electrons. The van der Waals surface area contributed by atoms with Gasteiger partial charge in [0.25, 0.3) is 0 Å². The summed E-state index contributed by atoms with van der Waals surface area (Å²) < 4.78 is 17.9. The summed E-state index contributed by atoms with van der Waals surface area (Å²) in [5, 5.41) is 19.7. The summed E-state index contributed by atoms with van der Waals surface area (Å²) in [5.41, 5.74) is -0.347. The zero-order valence-corrected chi connectivity index (χ0v) is 16.3. The number of pyridine rings is 1. The molecule has 0 spiro atoms. The lowest BCUT2D eigenvalue weighted by Crippen LogP contribution is -2.19. The van der Waals surface area contributed by atoms with Crippen LogP contribution in [0.15, 0.2) is 41.3 Å². The van der Waals surface area contributed by atoms with Gasteiger partial charge >= 0.3 is 5.97 Å². The largest absolute Gasteiger partial charge is 0.508 e. The zero-order valence-electron chi connectivity index (χ0n) is 16.3. The van der Waals surface area contributed by atoms with Gasteiger partial charge in [0.15, 0.2) is 0 Å². The van der Waals surface area contributed by atoms with Gasteiger partial charge in [0.1, 0.15) is 28.6 Å². The fraction of sp³-hybridized carbons (Fsp3) is 0.238. The number of hydrogen-bond acceptors (Lipinski definition) is 6. The Morgan fingerprint density at radius 2 is 1.66 bits per heavy atom. The van der Waals surface area contributed by atoms with E-state index in [1.165, 1.54) is 30.0 Å². The van der Waals surface area contributed by atoms with Gasteiger partial charge in [0.05, 0.1) is 36.9 Å². The van der Waals surface area contributed by atoms with E-state index in [1.54, 1.807) is 18.2 Å². The van der Waals surface area contributed by atoms with Crippen molar-refractivity contribution in [1.29, 1.82) is 0 Å². The number of carboxylic acid groups (broad SMARTS) is 1. The highest BCUT2D eigenvalue weighted by Crippen LogP contribution is 2.32. The maximum atomic E-state index is 12.8. The fourth-order valence-electron chi connectivity index (χ4n) is 3.12. The summed E-state index contributed by atoms with van der Waals surface area (Å²) in [6, 6.07) is 7.74. The lowest BCUT2D eigenvalue weighted by Gasteiger charge is -2.17. The van der Waals surface area contributed by atoms with E-state index in [4.69, 9.17) is 14.2 Å². The second-order valence-electron chi connectivity index (χ2n) is 6.12. The van der Waals surface area contributed by atoms with Crippen molar-refractivity contribution in [3.63, 3.8) is 0 Å². The van der Waals surface area contributed by atoms with Gasteiger partial charge in [-0.05, 0) is 13.8 Å². The van der Waals surface area contributed by atoms with Gasteiger partial charge in [-0.1, -0.05) is 0 Å². The van der Waals surface area contributed by atoms with Crippen molar-refractivity contribution in [2.75, 3.05) is 20.3 Å². The Balaban J connectivity index is 2.43. The molecule has 0 saturated carbocycles. The van der Waals surface area contributed by atoms with Crippen molar-refractivity contribution in [3.05, 3.63) is 52.3 Å². The van der Waals surface area contributed by atoms with E-state index in [-0.39, 0.29) is 22.4 Å². The Hall–Kier alpha value is -3.68. The number of phenols is 1. The number of hydrogen-bond donors (Lipinski definition) is 2. The predicted molar refractivity (Wildman–Crippen MR) is 107 cm³/mol. The zero-order chi connectivity index (χ0) is 21.1. The van der Waals surface area contributed by atoms with Crippen LogP contribution in [0.5, 0.6) is 23.0 Å². The topological polar surface area (TPSA) is 107 Å². The second-order valence-corrected chi connectivity index (χ2v) is 6.12. The summed E-state index contributed by atoms with van der Waals surface area (Å²) in [7, 11) is 1.34. The molecule has 8 nitrogen and oxygen atoms in total. The van der Waals surface area contributed by atoms with Gasteiger partial charge < -0.3 is 29.0 Å². The first-order valence-electron chi connectivity index (χ1n) is 9.00. The first kappa shape index (κ1) is 20.1. The van der Waals surface area contributed by atoms with Crippen LogP contribution in [0.1, 0.15) is 24.2 Å². The molecule has 0 amide bonds. The molecular formula is C21H21NO7. The number of benzene rings is 2. The number of rotatable bonds is 7. The van der Waals surface area contributed by atoms with Crippen molar-refractivity contribution in [1.82, 2.24) is 4.57 Å². The molecule has 0 aliphatic carbocycles. The van der Waals surface area contributed by atoms with E-state index in [0.717, 1.165) is 0 Å². The number of ether oxygens (including phenoxy) is 3. The first-order valence-corrected chi connectivity index (χ1v) is 9.00. The minimum absolute atomic E-state index is 0.0463. The lowest BCUT2D eigenvalue weighted by atomic mass is 10.1. The van der Waals surface area contributed by atoms with Crippen molar-refractivity contribution in [3.8, 4) is 28.7 Å². The highest BCUT2D eigenvalue weighted by molar-refractivity contribution is 5.96. The molecule has 1 aromatic heterocycles. The number of nitrogens with zero attached hydrogens (tertiary/aromatic N) is 1. The van der Waals surface area contributed by atoms with Crippen molar-refractivity contribution in [2.24, 2.45) is 0 Å². The van der Waals surface area contributed by atoms with E-state index in [0.29, 0.717) is 30.4 Å². The number of fused-ring (bicyclic) bond motifs is 1. The molecule has 0 atom stereocenters. The van der Waals surface area contributed by atoms with Crippen LogP contribution >= 0.6 is 0 Å². The van der Waals surface area contributed by atoms with Crippen LogP contribution in [0.2, 0.25) is 0 Å². The average molecular weight is 399 g/mol. The Bertz CT molecular complexity index is 1110. The minimum atomic E-state index is -1.37. The summed E-state index contributed by atoms with van der Waals surface area (Å²) in [5.74, 6) is -0.384. The molecule has 1 heterocycles. The predicted octanol–water partition coefficient (Wildman–Crippen LogP) is 3.20. The molecule has 0 saturated heterocycles. The van der Waals surface area contributed by atoms with Crippen LogP contribution in [-0.4, -0.2) is 41.1 Å². The Kier molecular flexibility index (Phi) is 5.63. The number of carboxylic acids is 1. The fourth-order valence-corrected chi connectivity index (χ4v) is 3.12. The molecule has 0 aliphatic rings. The van der Waals surface area contributed by atoms with Crippen LogP contribution in [0.4, 0.5) is 0 Å². The Labute approximate surface area is 166 Å². The third-order valence-corrected chi connectivity index (χ3v) is 4.27. The minimum Gasteiger partial charge on any atom is -0.508 e. The number of aromatic hydroxyl groups is 1. The van der Waals surface area contributed by atoms with Crippen LogP contribution in [0, 0.1) is 0 Å². The Morgan fingerprint density at radius 3 is 2.17 bits per heavy atom. The van der Waals surface area contributed by atoms with Gasteiger partial charge in [-0.3, -0.25) is 4.79 Å². The molecule has 0 bridgehead atoms. The van der Waals surface area contributed by atoms with Crippen LogP contribution in [0.25, 0.3) is 16.6 Å². The van der Waals surface area contributed by atoms with Gasteiger partial charge in [0, 0.05) is 36.5 Å². The molecule has 0 aliphatic heterocycles. The number of aromatic nitrogens is 1. The lowest BCUT2D eigenvalue weighted by molar-refractivity contribution is 0.0695. The molecule has 3 aromatic rings. The summed E-state index contributed by atoms with van der Waals surface area (Å²) in [6.45, 7) is 4.53. The van der Waals surface area contributed by atoms with Gasteiger partial charge in [-0.2, -0.15) is 0 Å². The molecule has 3 rings (SSSR count). The normalized spacial score (nSPS) is 10.7. The molecular weight excluding hydrogens is 378 g/mol. The van der Waals surface area contributed by atoms with Crippen molar-refractivity contribution >= 4 is 16.9 Å². The maximum Gasteiger partial charge on any atom is 0.341 e. The van der Waals surface area contributed by atoms with E-state index >= 15 is 0 Å². The molecule has 8 heteroatoms. The SMILES string of the molecule is CCOc1cc(OCC)cc(-n2cc(C(=O)O)c(=O)c3c(OC)cc(O)cc32)c1. The number of phenolic OH excluding ortho intramolecular Hbond substituents is 1. The standard InChI is InChI=1S/C21H21NO7/c1-4-28-14-6-12(7-15(10-14)29-5-2)22-11-16(21(25)26)20(24)19-17(22)8-13(23)9-18(19)27-3/h6-11,23H,4-5H2,1-3H3,(H,25,26). The van der Waals surface area contributed by atoms with Crippen LogP contribution in [0.3, 0.4) is 0 Å². The smallest absolute Gasteiger partial charge is 0.341 e. The molecule has 29 heavy (non-hydrogen) atoms. The number of methoxy groups -OCH3 is 1. The molecule has 0 unspecified atom stereocenters. The third kappa shape index (κ3) is 3.82. The third-order valence-electron chi connectivity index (χ3n) is 4.27. The first-order chi connectivity index (χ1) is 13.9. The number of carbonyl (C=O) groups is 1. The van der Waals surface area contributed by atoms with E-state index in [2.05, 4.69) is 0 Å². The monoisotopic (exact) mass is 399 g/mol. The van der Waals surface area contributed by atoms with E-state index < -0.39 is 17.0 Å². The summed E-state index contributed by atoms with van der Waals surface area (Å²) in [6.07, 6.45) is 1.21. The molecule has 0 radical (unpaired) electrons. The molecule has 0 fully saturated rings. The van der Waals surface area contributed by atoms with Gasteiger partial charge in [0.2, 0.25) is 5.43 Å². The Morgan fingerprint density at radius 1 is 1.03 bits per heavy atom. The van der Waals surface area contributed by atoms with Gasteiger partial charge in [-0.15, -0.1) is 0 Å². The summed E-state index contributed by atoms with van der Waals surface area (Å²) >= 11 is 0. The van der Waals surface area contributed by atoms with Crippen molar-refractivity contribution in [2.45, 2.75) is 13.8 Å². The van der Waals surface area contributed by atoms with E-state index in [9.17, 15) is 19.8 Å². The van der Waals surface area contributed by atoms with Gasteiger partial charge in [-0.25, -0.2) is 4.79 Å². The summed E-state index contributed by atoms with van der Waals surface area (Å²) in [4.78, 5) is 24.5. The highest BCUT2D eigenvalue weighted by Gasteiger charge is 2.20. The van der Waals surface area contributed by atoms with Crippen molar-refractivity contribution < 1.29 is 29.2 Å². The van der Waals surface area contributed by atoms with Crippen LogP contribution in [-0.2, 0) is 0 Å². The number of aromatic carboxylic acids is 1.